The van der Waals surface area contributed by atoms with Gasteiger partial charge in [-0.1, -0.05) is 23.1 Å². The number of hydrogen-bond acceptors (Lipinski definition) is 6. The van der Waals surface area contributed by atoms with Gasteiger partial charge in [0.2, 0.25) is 11.8 Å². The second-order valence-electron chi connectivity index (χ2n) is 5.17. The molecule has 0 saturated carbocycles. The van der Waals surface area contributed by atoms with E-state index in [9.17, 15) is 14.0 Å². The number of carbonyl (C=O) groups excluding carboxylic acids is 2. The van der Waals surface area contributed by atoms with E-state index in [4.69, 9.17) is 12.2 Å². The van der Waals surface area contributed by atoms with Crippen molar-refractivity contribution in [1.82, 2.24) is 20.0 Å². The summed E-state index contributed by atoms with van der Waals surface area (Å²) in [6.45, 7) is 4.69. The molecule has 0 bridgehead atoms. The summed E-state index contributed by atoms with van der Waals surface area (Å²) in [5.41, 5.74) is 0.664. The molecule has 0 spiro atoms. The minimum Gasteiger partial charge on any atom is -0.355 e. The number of amides is 2. The molecule has 0 aliphatic heterocycles. The number of thioether (sulfide) groups is 1. The molecule has 0 fully saturated rings. The van der Waals surface area contributed by atoms with E-state index in [2.05, 4.69) is 10.4 Å². The van der Waals surface area contributed by atoms with Gasteiger partial charge in [-0.3, -0.25) is 9.59 Å². The van der Waals surface area contributed by atoms with Crippen LogP contribution in [0.25, 0.3) is 5.69 Å². The number of nitrogens with zero attached hydrogens (tertiary/aromatic N) is 3. The molecule has 10 heteroatoms. The molecule has 2 aromatic rings. The highest BCUT2D eigenvalue weighted by Gasteiger charge is 2.16. The molecule has 26 heavy (non-hydrogen) atoms. The molecule has 0 atom stereocenters. The summed E-state index contributed by atoms with van der Waals surface area (Å²) in [5.74, 6) is -0.483. The molecule has 1 N–H and O–H groups in total. The molecule has 0 radical (unpaired) electrons. The lowest BCUT2D eigenvalue weighted by atomic mass is 10.3. The Labute approximate surface area is 164 Å². The maximum atomic E-state index is 13.0. The molecule has 2 rings (SSSR count). The van der Waals surface area contributed by atoms with Crippen LogP contribution < -0.4 is 5.32 Å². The van der Waals surface area contributed by atoms with Crippen LogP contribution in [0, 0.1) is 9.77 Å². The highest BCUT2D eigenvalue weighted by atomic mass is 32.2. The topological polar surface area (TPSA) is 67.2 Å². The van der Waals surface area contributed by atoms with Crippen molar-refractivity contribution in [1.29, 1.82) is 0 Å². The summed E-state index contributed by atoms with van der Waals surface area (Å²) < 4.78 is 15.7. The maximum absolute atomic E-state index is 13.0. The molecular weight excluding hydrogens is 395 g/mol. The van der Waals surface area contributed by atoms with Crippen LogP contribution in [0.4, 0.5) is 4.39 Å². The molecule has 0 aliphatic carbocycles. The van der Waals surface area contributed by atoms with Crippen LogP contribution in [0.15, 0.2) is 28.6 Å². The average molecular weight is 415 g/mol. The second-order valence-corrected chi connectivity index (χ2v) is 8.02. The Bertz CT molecular complexity index is 820. The van der Waals surface area contributed by atoms with E-state index >= 15 is 0 Å². The zero-order valence-electron chi connectivity index (χ0n) is 14.4. The minimum absolute atomic E-state index is 0.0451. The summed E-state index contributed by atoms with van der Waals surface area (Å²) in [6, 6.07) is 5.87. The van der Waals surface area contributed by atoms with Crippen molar-refractivity contribution in [2.45, 2.75) is 18.2 Å². The Kier molecular flexibility index (Phi) is 7.73. The van der Waals surface area contributed by atoms with E-state index in [1.54, 1.807) is 16.8 Å². The van der Waals surface area contributed by atoms with Gasteiger partial charge in [0.25, 0.3) is 0 Å². The number of likely N-dealkylation sites (N-methyl/N-ethyl adjacent to an activating group) is 2. The van der Waals surface area contributed by atoms with Crippen molar-refractivity contribution in [3.63, 3.8) is 0 Å². The van der Waals surface area contributed by atoms with Gasteiger partial charge >= 0.3 is 0 Å². The molecular formula is C16H19FN4O2S3. The first-order valence-corrected chi connectivity index (χ1v) is 10.2. The van der Waals surface area contributed by atoms with Crippen molar-refractivity contribution in [3.05, 3.63) is 34.0 Å². The Hall–Kier alpha value is -1.78. The van der Waals surface area contributed by atoms with Crippen LogP contribution in [0.2, 0.25) is 0 Å². The third-order valence-electron chi connectivity index (χ3n) is 3.36. The van der Waals surface area contributed by atoms with Crippen LogP contribution in [0.3, 0.4) is 0 Å². The lowest BCUT2D eigenvalue weighted by molar-refractivity contribution is -0.133. The van der Waals surface area contributed by atoms with Crippen LogP contribution in [-0.2, 0) is 9.59 Å². The van der Waals surface area contributed by atoms with Gasteiger partial charge in [0, 0.05) is 13.1 Å². The Morgan fingerprint density at radius 1 is 1.35 bits per heavy atom. The molecule has 1 aromatic heterocycles. The lowest BCUT2D eigenvalue weighted by Crippen LogP contribution is -2.41. The maximum Gasteiger partial charge on any atom is 0.239 e. The highest BCUT2D eigenvalue weighted by Crippen LogP contribution is 2.24. The monoisotopic (exact) mass is 414 g/mol. The third-order valence-corrected chi connectivity index (χ3v) is 5.71. The van der Waals surface area contributed by atoms with E-state index in [0.29, 0.717) is 27.1 Å². The number of hydrogen-bond donors (Lipinski definition) is 1. The van der Waals surface area contributed by atoms with Gasteiger partial charge in [-0.25, -0.2) is 9.07 Å². The number of nitrogens with one attached hydrogen (secondary N) is 1. The van der Waals surface area contributed by atoms with E-state index in [0.717, 1.165) is 0 Å². The van der Waals surface area contributed by atoms with Gasteiger partial charge in [0.1, 0.15) is 5.82 Å². The van der Waals surface area contributed by atoms with Crippen molar-refractivity contribution in [3.8, 4) is 5.69 Å². The van der Waals surface area contributed by atoms with Crippen LogP contribution in [0.5, 0.6) is 0 Å². The van der Waals surface area contributed by atoms with Gasteiger partial charge in [-0.05, 0) is 50.3 Å². The largest absolute Gasteiger partial charge is 0.355 e. The van der Waals surface area contributed by atoms with Gasteiger partial charge in [0.15, 0.2) is 8.29 Å². The van der Waals surface area contributed by atoms with Crippen LogP contribution >= 0.6 is 35.3 Å². The van der Waals surface area contributed by atoms with Crippen molar-refractivity contribution >= 4 is 47.1 Å². The Balaban J connectivity index is 1.99. The number of aromatic nitrogens is 2. The molecule has 1 heterocycles. The quantitative estimate of drug-likeness (QED) is 0.531. The summed E-state index contributed by atoms with van der Waals surface area (Å²) in [6.07, 6.45) is 0. The average Bonchev–Trinajstić information content (AvgIpc) is 2.99. The zero-order valence-corrected chi connectivity index (χ0v) is 16.8. The molecule has 6 nitrogen and oxygen atoms in total. The fraction of sp³-hybridized carbons (Fsp3) is 0.375. The predicted octanol–water partition coefficient (Wildman–Crippen LogP) is 2.88. The summed E-state index contributed by atoms with van der Waals surface area (Å²) in [5, 5.41) is 7.06. The minimum atomic E-state index is -0.331. The first kappa shape index (κ1) is 20.5. The van der Waals surface area contributed by atoms with Crippen molar-refractivity contribution < 1.29 is 14.0 Å². The highest BCUT2D eigenvalue weighted by molar-refractivity contribution is 8.01. The molecule has 0 unspecified atom stereocenters. The van der Waals surface area contributed by atoms with E-state index in [1.165, 1.54) is 40.1 Å². The van der Waals surface area contributed by atoms with Crippen LogP contribution in [0.1, 0.15) is 13.8 Å². The SMILES string of the molecule is CCNC(=O)CN(CC)C(=O)CSc1nn(-c2ccc(F)cc2)c(=S)s1. The number of rotatable bonds is 8. The Morgan fingerprint density at radius 2 is 2.04 bits per heavy atom. The smallest absolute Gasteiger partial charge is 0.239 e. The number of halogens is 1. The first-order chi connectivity index (χ1) is 12.4. The zero-order chi connectivity index (χ0) is 19.1. The van der Waals surface area contributed by atoms with E-state index < -0.39 is 0 Å². The number of carbonyl (C=O) groups is 2. The number of benzene rings is 1. The van der Waals surface area contributed by atoms with Gasteiger partial charge in [-0.15, -0.1) is 5.10 Å². The fourth-order valence-corrected chi connectivity index (χ4v) is 4.35. The van der Waals surface area contributed by atoms with E-state index in [-0.39, 0.29) is 29.9 Å². The Morgan fingerprint density at radius 3 is 2.65 bits per heavy atom. The summed E-state index contributed by atoms with van der Waals surface area (Å²) in [4.78, 5) is 25.5. The fourth-order valence-electron chi connectivity index (χ4n) is 2.08. The van der Waals surface area contributed by atoms with Crippen LogP contribution in [-0.4, -0.2) is 51.9 Å². The van der Waals surface area contributed by atoms with Gasteiger partial charge in [-0.2, -0.15) is 0 Å². The molecule has 140 valence electrons. The standard InChI is InChI=1S/C16H19FN4O2S3/c1-3-18-13(22)9-20(4-2)14(23)10-25-15-19-21(16(24)26-15)12-7-5-11(17)6-8-12/h5-8H,3-4,9-10H2,1-2H3,(H,18,22). The molecule has 0 aliphatic rings. The molecule has 2 amide bonds. The van der Waals surface area contributed by atoms with E-state index in [1.807, 2.05) is 13.8 Å². The predicted molar refractivity (Wildman–Crippen MR) is 104 cm³/mol. The van der Waals surface area contributed by atoms with Gasteiger partial charge in [0.05, 0.1) is 18.0 Å². The second kappa shape index (κ2) is 9.79. The van der Waals surface area contributed by atoms with Crippen molar-refractivity contribution in [2.24, 2.45) is 0 Å². The van der Waals surface area contributed by atoms with Crippen molar-refractivity contribution in [2.75, 3.05) is 25.4 Å². The summed E-state index contributed by atoms with van der Waals surface area (Å²) in [7, 11) is 0. The molecule has 1 aromatic carbocycles. The van der Waals surface area contributed by atoms with Gasteiger partial charge < -0.3 is 10.2 Å². The normalized spacial score (nSPS) is 10.6. The third kappa shape index (κ3) is 5.61. The first-order valence-electron chi connectivity index (χ1n) is 7.98. The molecule has 0 saturated heterocycles. The summed E-state index contributed by atoms with van der Waals surface area (Å²) >= 11 is 7.84. The lowest BCUT2D eigenvalue weighted by Gasteiger charge is -2.19.